The molecule has 0 radical (unpaired) electrons. The van der Waals surface area contributed by atoms with Crippen molar-refractivity contribution >= 4 is 15.9 Å². The first-order valence-corrected chi connectivity index (χ1v) is 8.92. The number of halogens is 1. The van der Waals surface area contributed by atoms with Crippen LogP contribution in [0.2, 0.25) is 0 Å². The van der Waals surface area contributed by atoms with Crippen LogP contribution in [-0.4, -0.2) is 25.9 Å². The second kappa shape index (κ2) is 7.74. The summed E-state index contributed by atoms with van der Waals surface area (Å²) in [5, 5.41) is 7.72. The van der Waals surface area contributed by atoms with Gasteiger partial charge in [-0.15, -0.1) is 0 Å². The molecular formula is C18H19BrN4O3. The van der Waals surface area contributed by atoms with Crippen molar-refractivity contribution in [1.29, 1.82) is 0 Å². The van der Waals surface area contributed by atoms with E-state index in [4.69, 9.17) is 9.47 Å². The second-order valence-corrected chi connectivity index (χ2v) is 6.79. The number of aromatic nitrogens is 4. The van der Waals surface area contributed by atoms with Gasteiger partial charge in [0.05, 0.1) is 21.8 Å². The molecule has 8 heteroatoms. The summed E-state index contributed by atoms with van der Waals surface area (Å²) in [6, 6.07) is 13.0. The maximum absolute atomic E-state index is 12.3. The van der Waals surface area contributed by atoms with Crippen LogP contribution in [0, 0.1) is 0 Å². The molecule has 0 atom stereocenters. The zero-order valence-electron chi connectivity index (χ0n) is 14.7. The standard InChI is InChI=1S/C18H19BrN4O3/c1-12(2)26-16-10-6-8-15(23-18(24)22(3)20-21-23)13(16)11-25-17-9-5-4-7-14(17)19/h4-10,12H,11H2,1-3H3. The molecule has 136 valence electrons. The quantitative estimate of drug-likeness (QED) is 0.614. The zero-order chi connectivity index (χ0) is 18.7. The van der Waals surface area contributed by atoms with Crippen LogP contribution in [0.5, 0.6) is 11.5 Å². The van der Waals surface area contributed by atoms with Crippen molar-refractivity contribution in [1.82, 2.24) is 19.8 Å². The Balaban J connectivity index is 2.03. The Morgan fingerprint density at radius 1 is 1.08 bits per heavy atom. The number of rotatable bonds is 6. The molecule has 0 aliphatic carbocycles. The number of hydrogen-bond acceptors (Lipinski definition) is 5. The summed E-state index contributed by atoms with van der Waals surface area (Å²) >= 11 is 3.47. The van der Waals surface area contributed by atoms with E-state index < -0.39 is 0 Å². The Kier molecular flexibility index (Phi) is 5.41. The molecule has 0 aliphatic rings. The topological polar surface area (TPSA) is 71.2 Å². The van der Waals surface area contributed by atoms with Crippen LogP contribution >= 0.6 is 15.9 Å². The van der Waals surface area contributed by atoms with Crippen LogP contribution in [-0.2, 0) is 13.7 Å². The van der Waals surface area contributed by atoms with Crippen LogP contribution in [0.15, 0.2) is 51.7 Å². The van der Waals surface area contributed by atoms with Gasteiger partial charge in [0.15, 0.2) is 0 Å². The number of para-hydroxylation sites is 1. The highest BCUT2D eigenvalue weighted by molar-refractivity contribution is 9.10. The van der Waals surface area contributed by atoms with Crippen molar-refractivity contribution < 1.29 is 9.47 Å². The number of benzene rings is 2. The molecule has 26 heavy (non-hydrogen) atoms. The van der Waals surface area contributed by atoms with Crippen molar-refractivity contribution in [3.8, 4) is 17.2 Å². The van der Waals surface area contributed by atoms with Gasteiger partial charge in [-0.25, -0.2) is 4.79 Å². The molecule has 3 rings (SSSR count). The largest absolute Gasteiger partial charge is 0.491 e. The summed E-state index contributed by atoms with van der Waals surface area (Å²) in [7, 11) is 1.55. The van der Waals surface area contributed by atoms with Crippen molar-refractivity contribution in [3.05, 3.63) is 63.0 Å². The molecule has 0 amide bonds. The van der Waals surface area contributed by atoms with E-state index >= 15 is 0 Å². The second-order valence-electron chi connectivity index (χ2n) is 5.94. The Morgan fingerprint density at radius 2 is 1.81 bits per heavy atom. The molecule has 0 unspecified atom stereocenters. The number of hydrogen-bond donors (Lipinski definition) is 0. The highest BCUT2D eigenvalue weighted by Crippen LogP contribution is 2.29. The number of nitrogens with zero attached hydrogens (tertiary/aromatic N) is 4. The Labute approximate surface area is 159 Å². The van der Waals surface area contributed by atoms with Gasteiger partial charge in [-0.1, -0.05) is 18.2 Å². The predicted octanol–water partition coefficient (Wildman–Crippen LogP) is 3.09. The van der Waals surface area contributed by atoms with Gasteiger partial charge >= 0.3 is 5.69 Å². The highest BCUT2D eigenvalue weighted by atomic mass is 79.9. The minimum Gasteiger partial charge on any atom is -0.491 e. The van der Waals surface area contributed by atoms with Crippen molar-refractivity contribution in [2.75, 3.05) is 0 Å². The lowest BCUT2D eigenvalue weighted by molar-refractivity contribution is 0.230. The molecule has 7 nitrogen and oxygen atoms in total. The summed E-state index contributed by atoms with van der Waals surface area (Å²) < 4.78 is 15.1. The summed E-state index contributed by atoms with van der Waals surface area (Å²) in [6.45, 7) is 4.10. The van der Waals surface area contributed by atoms with Crippen LogP contribution in [0.3, 0.4) is 0 Å². The molecular weight excluding hydrogens is 400 g/mol. The molecule has 0 aliphatic heterocycles. The number of tetrazole rings is 1. The summed E-state index contributed by atoms with van der Waals surface area (Å²) in [4.78, 5) is 12.3. The molecule has 1 aromatic heterocycles. The molecule has 1 heterocycles. The first-order chi connectivity index (χ1) is 12.5. The fraction of sp³-hybridized carbons (Fsp3) is 0.278. The number of ether oxygens (including phenoxy) is 2. The van der Waals surface area contributed by atoms with Gasteiger partial charge in [0.2, 0.25) is 0 Å². The Morgan fingerprint density at radius 3 is 2.46 bits per heavy atom. The molecule has 2 aromatic carbocycles. The minimum atomic E-state index is -0.339. The van der Waals surface area contributed by atoms with E-state index in [1.807, 2.05) is 50.2 Å². The van der Waals surface area contributed by atoms with E-state index in [0.29, 0.717) is 17.2 Å². The summed E-state index contributed by atoms with van der Waals surface area (Å²) in [5.41, 5.74) is 0.960. The van der Waals surface area contributed by atoms with Gasteiger partial charge in [0.1, 0.15) is 18.1 Å². The zero-order valence-corrected chi connectivity index (χ0v) is 16.3. The van der Waals surface area contributed by atoms with Crippen LogP contribution in [0.1, 0.15) is 19.4 Å². The van der Waals surface area contributed by atoms with E-state index in [0.717, 1.165) is 10.0 Å². The molecule has 0 saturated carbocycles. The Bertz CT molecular complexity index is 965. The van der Waals surface area contributed by atoms with Gasteiger partial charge in [0, 0.05) is 7.05 Å². The number of aryl methyl sites for hydroxylation is 1. The van der Waals surface area contributed by atoms with Gasteiger partial charge < -0.3 is 9.47 Å². The van der Waals surface area contributed by atoms with E-state index in [1.165, 1.54) is 9.36 Å². The lowest BCUT2D eigenvalue weighted by Gasteiger charge is -2.17. The lowest BCUT2D eigenvalue weighted by Crippen LogP contribution is -2.23. The predicted molar refractivity (Wildman–Crippen MR) is 101 cm³/mol. The smallest absolute Gasteiger partial charge is 0.368 e. The summed E-state index contributed by atoms with van der Waals surface area (Å²) in [5.74, 6) is 1.34. The third kappa shape index (κ3) is 3.80. The Hall–Kier alpha value is -2.61. The maximum atomic E-state index is 12.3. The van der Waals surface area contributed by atoms with Crippen molar-refractivity contribution in [2.24, 2.45) is 7.05 Å². The van der Waals surface area contributed by atoms with E-state index in [1.54, 1.807) is 13.1 Å². The lowest BCUT2D eigenvalue weighted by atomic mass is 10.1. The van der Waals surface area contributed by atoms with Crippen molar-refractivity contribution in [2.45, 2.75) is 26.6 Å². The van der Waals surface area contributed by atoms with E-state index in [2.05, 4.69) is 26.4 Å². The van der Waals surface area contributed by atoms with Gasteiger partial charge in [-0.3, -0.25) is 0 Å². The SMILES string of the molecule is CC(C)Oc1cccc(-n2nnn(C)c2=O)c1COc1ccccc1Br. The monoisotopic (exact) mass is 418 g/mol. The minimum absolute atomic E-state index is 0.0222. The first kappa shape index (κ1) is 18.2. The molecule has 3 aromatic rings. The molecule has 0 fully saturated rings. The van der Waals surface area contributed by atoms with Gasteiger partial charge in [-0.2, -0.15) is 9.36 Å². The third-order valence-electron chi connectivity index (χ3n) is 3.63. The molecule has 0 N–H and O–H groups in total. The fourth-order valence-corrected chi connectivity index (χ4v) is 2.84. The highest BCUT2D eigenvalue weighted by Gasteiger charge is 2.17. The van der Waals surface area contributed by atoms with E-state index in [9.17, 15) is 4.79 Å². The fourth-order valence-electron chi connectivity index (χ4n) is 2.44. The van der Waals surface area contributed by atoms with E-state index in [-0.39, 0.29) is 18.4 Å². The van der Waals surface area contributed by atoms with Crippen LogP contribution in [0.25, 0.3) is 5.69 Å². The molecule has 0 saturated heterocycles. The maximum Gasteiger partial charge on any atom is 0.368 e. The average Bonchev–Trinajstić information content (AvgIpc) is 2.93. The van der Waals surface area contributed by atoms with Crippen molar-refractivity contribution in [3.63, 3.8) is 0 Å². The van der Waals surface area contributed by atoms with Gasteiger partial charge in [0.25, 0.3) is 0 Å². The molecule has 0 bridgehead atoms. The van der Waals surface area contributed by atoms with Crippen LogP contribution < -0.4 is 15.2 Å². The normalized spacial score (nSPS) is 11.0. The first-order valence-electron chi connectivity index (χ1n) is 8.12. The summed E-state index contributed by atoms with van der Waals surface area (Å²) in [6.07, 6.45) is -0.0222. The third-order valence-corrected chi connectivity index (χ3v) is 4.28. The van der Waals surface area contributed by atoms with Crippen LogP contribution in [0.4, 0.5) is 0 Å². The molecule has 0 spiro atoms. The van der Waals surface area contributed by atoms with Gasteiger partial charge in [-0.05, 0) is 64.5 Å². The average molecular weight is 419 g/mol.